The monoisotopic (exact) mass is 377 g/mol. The molecule has 0 fully saturated rings. The zero-order valence-electron chi connectivity index (χ0n) is 12.8. The summed E-state index contributed by atoms with van der Waals surface area (Å²) in [5, 5.41) is 3.04. The fourth-order valence-electron chi connectivity index (χ4n) is 2.13. The summed E-state index contributed by atoms with van der Waals surface area (Å²) in [4.78, 5) is 13.3. The van der Waals surface area contributed by atoms with Crippen LogP contribution in [0.4, 0.5) is 5.69 Å². The van der Waals surface area contributed by atoms with Gasteiger partial charge in [-0.3, -0.25) is 4.79 Å². The first kappa shape index (κ1) is 17.1. The highest BCUT2D eigenvalue weighted by Crippen LogP contribution is 2.27. The molecule has 0 heterocycles. The van der Waals surface area contributed by atoms with E-state index in [1.807, 2.05) is 42.5 Å². The highest BCUT2D eigenvalue weighted by atomic mass is 79.9. The zero-order valence-corrected chi connectivity index (χ0v) is 15.2. The van der Waals surface area contributed by atoms with Crippen LogP contribution in [0.25, 0.3) is 0 Å². The number of anilines is 1. The maximum Gasteiger partial charge on any atom is 0.234 e. The van der Waals surface area contributed by atoms with E-state index in [4.69, 9.17) is 0 Å². The van der Waals surface area contributed by atoms with E-state index in [9.17, 15) is 4.79 Å². The van der Waals surface area contributed by atoms with Crippen molar-refractivity contribution < 1.29 is 4.79 Å². The lowest BCUT2D eigenvalue weighted by Gasteiger charge is -2.15. The summed E-state index contributed by atoms with van der Waals surface area (Å²) in [6.45, 7) is 4.34. The largest absolute Gasteiger partial charge is 0.325 e. The SMILES string of the molecule is CC[C@H](C)c1ccccc1NC(=O)CSc1ccc(Br)cc1. The summed E-state index contributed by atoms with van der Waals surface area (Å²) in [6, 6.07) is 16.0. The molecule has 0 aliphatic carbocycles. The third-order valence-corrected chi connectivity index (χ3v) is 5.10. The number of nitrogens with one attached hydrogen (secondary N) is 1. The first-order chi connectivity index (χ1) is 10.6. The Morgan fingerprint density at radius 2 is 1.86 bits per heavy atom. The molecule has 22 heavy (non-hydrogen) atoms. The Hall–Kier alpha value is -1.26. The third kappa shape index (κ3) is 4.89. The van der Waals surface area contributed by atoms with Crippen LogP contribution < -0.4 is 5.32 Å². The lowest BCUT2D eigenvalue weighted by atomic mass is 9.97. The van der Waals surface area contributed by atoms with Gasteiger partial charge in [0.2, 0.25) is 5.91 Å². The minimum Gasteiger partial charge on any atom is -0.325 e. The fourth-order valence-corrected chi connectivity index (χ4v) is 3.09. The molecule has 0 saturated heterocycles. The number of carbonyl (C=O) groups is 1. The van der Waals surface area contributed by atoms with Gasteiger partial charge in [-0.15, -0.1) is 11.8 Å². The van der Waals surface area contributed by atoms with Crippen LogP contribution in [0.15, 0.2) is 57.9 Å². The molecule has 2 rings (SSSR count). The molecule has 2 aromatic carbocycles. The van der Waals surface area contributed by atoms with Crippen molar-refractivity contribution in [2.45, 2.75) is 31.1 Å². The van der Waals surface area contributed by atoms with E-state index in [0.717, 1.165) is 21.5 Å². The molecule has 2 aromatic rings. The molecular weight excluding hydrogens is 358 g/mol. The van der Waals surface area contributed by atoms with Gasteiger partial charge in [-0.25, -0.2) is 0 Å². The molecule has 0 radical (unpaired) electrons. The molecule has 4 heteroatoms. The van der Waals surface area contributed by atoms with E-state index in [2.05, 4.69) is 41.2 Å². The Morgan fingerprint density at radius 1 is 1.18 bits per heavy atom. The van der Waals surface area contributed by atoms with Crippen LogP contribution in [0, 0.1) is 0 Å². The van der Waals surface area contributed by atoms with Gasteiger partial charge in [-0.2, -0.15) is 0 Å². The van der Waals surface area contributed by atoms with Crippen LogP contribution in [0.1, 0.15) is 31.7 Å². The van der Waals surface area contributed by atoms with E-state index >= 15 is 0 Å². The van der Waals surface area contributed by atoms with E-state index in [1.165, 1.54) is 5.56 Å². The van der Waals surface area contributed by atoms with Crippen molar-refractivity contribution in [1.29, 1.82) is 0 Å². The van der Waals surface area contributed by atoms with Crippen molar-refractivity contribution >= 4 is 39.3 Å². The molecule has 0 aliphatic rings. The predicted octanol–water partition coefficient (Wildman–Crippen LogP) is 5.69. The Bertz CT molecular complexity index is 627. The standard InChI is InChI=1S/C18H20BrNOS/c1-3-13(2)16-6-4-5-7-17(16)20-18(21)12-22-15-10-8-14(19)9-11-15/h4-11,13H,3,12H2,1-2H3,(H,20,21)/t13-/m0/s1. The van der Waals surface area contributed by atoms with Gasteiger partial charge in [0.15, 0.2) is 0 Å². The molecule has 0 bridgehead atoms. The molecule has 116 valence electrons. The van der Waals surface area contributed by atoms with Crippen LogP contribution >= 0.6 is 27.7 Å². The average Bonchev–Trinajstić information content (AvgIpc) is 2.54. The number of hydrogen-bond acceptors (Lipinski definition) is 2. The molecule has 0 unspecified atom stereocenters. The lowest BCUT2D eigenvalue weighted by molar-refractivity contribution is -0.113. The van der Waals surface area contributed by atoms with Crippen LogP contribution in [-0.4, -0.2) is 11.7 Å². The van der Waals surface area contributed by atoms with Crippen molar-refractivity contribution in [1.82, 2.24) is 0 Å². The molecule has 1 amide bonds. The van der Waals surface area contributed by atoms with Crippen molar-refractivity contribution in [3.63, 3.8) is 0 Å². The quantitative estimate of drug-likeness (QED) is 0.654. The van der Waals surface area contributed by atoms with E-state index in [0.29, 0.717) is 11.7 Å². The van der Waals surface area contributed by atoms with Gasteiger partial charge in [0.05, 0.1) is 5.75 Å². The molecule has 0 spiro atoms. The van der Waals surface area contributed by atoms with Crippen molar-refractivity contribution in [3.05, 3.63) is 58.6 Å². The van der Waals surface area contributed by atoms with E-state index < -0.39 is 0 Å². The topological polar surface area (TPSA) is 29.1 Å². The number of carbonyl (C=O) groups excluding carboxylic acids is 1. The minimum absolute atomic E-state index is 0.0312. The summed E-state index contributed by atoms with van der Waals surface area (Å²) < 4.78 is 1.05. The second-order valence-corrected chi connectivity index (χ2v) is 7.15. The molecule has 0 aromatic heterocycles. The molecule has 1 atom stereocenters. The normalized spacial score (nSPS) is 12.0. The van der Waals surface area contributed by atoms with Gasteiger partial charge in [0.25, 0.3) is 0 Å². The minimum atomic E-state index is 0.0312. The van der Waals surface area contributed by atoms with E-state index in [-0.39, 0.29) is 5.91 Å². The van der Waals surface area contributed by atoms with Gasteiger partial charge in [0, 0.05) is 15.1 Å². The molecule has 2 nitrogen and oxygen atoms in total. The molecule has 0 saturated carbocycles. The maximum atomic E-state index is 12.2. The molecule has 1 N–H and O–H groups in total. The number of rotatable bonds is 6. The van der Waals surface area contributed by atoms with Crippen LogP contribution in [0.5, 0.6) is 0 Å². The average molecular weight is 378 g/mol. The van der Waals surface area contributed by atoms with Crippen molar-refractivity contribution in [3.8, 4) is 0 Å². The number of amides is 1. The van der Waals surface area contributed by atoms with Gasteiger partial charge >= 0.3 is 0 Å². The second-order valence-electron chi connectivity index (χ2n) is 5.19. The Balaban J connectivity index is 1.96. The summed E-state index contributed by atoms with van der Waals surface area (Å²) in [6.07, 6.45) is 1.06. The van der Waals surface area contributed by atoms with Gasteiger partial charge in [0.1, 0.15) is 0 Å². The van der Waals surface area contributed by atoms with Gasteiger partial charge < -0.3 is 5.32 Å². The fraction of sp³-hybridized carbons (Fsp3) is 0.278. The van der Waals surface area contributed by atoms with E-state index in [1.54, 1.807) is 11.8 Å². The van der Waals surface area contributed by atoms with Crippen LogP contribution in [-0.2, 0) is 4.79 Å². The summed E-state index contributed by atoms with van der Waals surface area (Å²) in [7, 11) is 0. The zero-order chi connectivity index (χ0) is 15.9. The highest BCUT2D eigenvalue weighted by molar-refractivity contribution is 9.10. The first-order valence-corrected chi connectivity index (χ1v) is 9.15. The maximum absolute atomic E-state index is 12.2. The number of halogens is 1. The number of para-hydroxylation sites is 1. The summed E-state index contributed by atoms with van der Waals surface area (Å²) >= 11 is 4.95. The second kappa shape index (κ2) is 8.39. The summed E-state index contributed by atoms with van der Waals surface area (Å²) in [5.74, 6) is 0.885. The van der Waals surface area contributed by atoms with Crippen LogP contribution in [0.2, 0.25) is 0 Å². The predicted molar refractivity (Wildman–Crippen MR) is 98.6 cm³/mol. The van der Waals surface area contributed by atoms with Gasteiger partial charge in [-0.05, 0) is 48.2 Å². The summed E-state index contributed by atoms with van der Waals surface area (Å²) in [5.41, 5.74) is 2.13. The third-order valence-electron chi connectivity index (χ3n) is 3.56. The number of benzene rings is 2. The molecule has 0 aliphatic heterocycles. The number of thioether (sulfide) groups is 1. The Labute approximate surface area is 144 Å². The molecular formula is C18H20BrNOS. The number of hydrogen-bond donors (Lipinski definition) is 1. The Morgan fingerprint density at radius 3 is 2.55 bits per heavy atom. The Kier molecular flexibility index (Phi) is 6.52. The van der Waals surface area contributed by atoms with Crippen molar-refractivity contribution in [2.75, 3.05) is 11.1 Å². The first-order valence-electron chi connectivity index (χ1n) is 7.37. The van der Waals surface area contributed by atoms with Gasteiger partial charge in [-0.1, -0.05) is 48.0 Å². The van der Waals surface area contributed by atoms with Crippen molar-refractivity contribution in [2.24, 2.45) is 0 Å². The lowest BCUT2D eigenvalue weighted by Crippen LogP contribution is -2.15. The highest BCUT2D eigenvalue weighted by Gasteiger charge is 2.11. The smallest absolute Gasteiger partial charge is 0.234 e. The van der Waals surface area contributed by atoms with Crippen LogP contribution in [0.3, 0.4) is 0 Å².